The van der Waals surface area contributed by atoms with Crippen LogP contribution in [0.2, 0.25) is 0 Å². The van der Waals surface area contributed by atoms with Gasteiger partial charge in [0.15, 0.2) is 11.5 Å². The second-order valence-electron chi connectivity index (χ2n) is 7.25. The molecule has 10 heteroatoms. The number of alkyl halides is 3. The molecule has 0 aliphatic heterocycles. The van der Waals surface area contributed by atoms with E-state index in [0.717, 1.165) is 5.69 Å². The van der Waals surface area contributed by atoms with E-state index in [2.05, 4.69) is 15.2 Å². The number of ether oxygens (including phenoxy) is 3. The molecule has 0 fully saturated rings. The van der Waals surface area contributed by atoms with Crippen LogP contribution in [-0.2, 0) is 4.74 Å². The largest absolute Gasteiger partial charge is 0.493 e. The van der Waals surface area contributed by atoms with Gasteiger partial charge in [0.05, 0.1) is 32.1 Å². The molecule has 2 aromatic carbocycles. The van der Waals surface area contributed by atoms with E-state index in [0.29, 0.717) is 22.8 Å². The number of hydrogen-bond donors (Lipinski definition) is 1. The van der Waals surface area contributed by atoms with E-state index in [4.69, 9.17) is 9.47 Å². The third-order valence-corrected chi connectivity index (χ3v) is 4.65. The molecule has 1 amide bonds. The van der Waals surface area contributed by atoms with Gasteiger partial charge in [-0.05, 0) is 37.3 Å². The lowest BCUT2D eigenvalue weighted by atomic mass is 10.1. The number of halogens is 3. The van der Waals surface area contributed by atoms with Crippen LogP contribution in [0.5, 0.6) is 11.5 Å². The van der Waals surface area contributed by atoms with Crippen molar-refractivity contribution in [3.05, 3.63) is 60.3 Å². The second kappa shape index (κ2) is 10.4. The number of nitrogens with one attached hydrogen (secondary N) is 1. The lowest BCUT2D eigenvalue weighted by Gasteiger charge is -2.15. The van der Waals surface area contributed by atoms with Gasteiger partial charge in [0.25, 0.3) is 5.91 Å². The number of amides is 1. The third-order valence-electron chi connectivity index (χ3n) is 4.65. The Morgan fingerprint density at radius 2 is 1.79 bits per heavy atom. The van der Waals surface area contributed by atoms with Gasteiger partial charge in [-0.1, -0.05) is 18.2 Å². The Balaban J connectivity index is 1.91. The van der Waals surface area contributed by atoms with Gasteiger partial charge >= 0.3 is 6.18 Å². The molecule has 0 saturated carbocycles. The minimum absolute atomic E-state index is 0.244. The summed E-state index contributed by atoms with van der Waals surface area (Å²) in [6.07, 6.45) is -2.86. The van der Waals surface area contributed by atoms with E-state index in [-0.39, 0.29) is 12.2 Å². The Labute approximate surface area is 189 Å². The molecular formula is C23H24F3N3O4. The van der Waals surface area contributed by atoms with Gasteiger partial charge in [0, 0.05) is 17.8 Å². The van der Waals surface area contributed by atoms with Crippen molar-refractivity contribution in [2.75, 3.05) is 27.4 Å². The number of rotatable bonds is 9. The molecule has 1 aromatic heterocycles. The van der Waals surface area contributed by atoms with Crippen LogP contribution in [0.25, 0.3) is 16.9 Å². The van der Waals surface area contributed by atoms with Crippen LogP contribution in [0.1, 0.15) is 17.3 Å². The predicted molar refractivity (Wildman–Crippen MR) is 116 cm³/mol. The highest BCUT2D eigenvalue weighted by Crippen LogP contribution is 2.33. The number of nitrogens with zero attached hydrogens (tertiary/aromatic N) is 2. The Kier molecular flexibility index (Phi) is 7.59. The summed E-state index contributed by atoms with van der Waals surface area (Å²) in [5, 5.41) is 7.25. The van der Waals surface area contributed by atoms with Crippen molar-refractivity contribution in [3.63, 3.8) is 0 Å². The third kappa shape index (κ3) is 6.26. The summed E-state index contributed by atoms with van der Waals surface area (Å²) >= 11 is 0. The molecule has 33 heavy (non-hydrogen) atoms. The Morgan fingerprint density at radius 1 is 1.09 bits per heavy atom. The minimum atomic E-state index is -4.43. The quantitative estimate of drug-likeness (QED) is 0.514. The average Bonchev–Trinajstić information content (AvgIpc) is 3.24. The van der Waals surface area contributed by atoms with Gasteiger partial charge < -0.3 is 19.5 Å². The van der Waals surface area contributed by atoms with E-state index in [1.165, 1.54) is 14.2 Å². The van der Waals surface area contributed by atoms with E-state index < -0.39 is 24.7 Å². The zero-order valence-corrected chi connectivity index (χ0v) is 18.3. The first-order chi connectivity index (χ1) is 15.7. The minimum Gasteiger partial charge on any atom is -0.493 e. The first kappa shape index (κ1) is 24.1. The Morgan fingerprint density at radius 3 is 2.42 bits per heavy atom. The maximum Gasteiger partial charge on any atom is 0.411 e. The zero-order valence-electron chi connectivity index (χ0n) is 18.3. The van der Waals surface area contributed by atoms with Gasteiger partial charge in [0.1, 0.15) is 12.3 Å². The monoisotopic (exact) mass is 463 g/mol. The highest BCUT2D eigenvalue weighted by Gasteiger charge is 2.28. The first-order valence-corrected chi connectivity index (χ1v) is 10.0. The smallest absolute Gasteiger partial charge is 0.411 e. The SMILES string of the molecule is COc1ccc(-c2nn(-c3ccccc3)cc2C(=O)NC(C)COCC(F)(F)F)cc1OC. The van der Waals surface area contributed by atoms with Gasteiger partial charge in [0.2, 0.25) is 0 Å². The number of carbonyl (C=O) groups is 1. The van der Waals surface area contributed by atoms with E-state index >= 15 is 0 Å². The van der Waals surface area contributed by atoms with Crippen molar-refractivity contribution in [2.24, 2.45) is 0 Å². The molecule has 0 bridgehead atoms. The number of methoxy groups -OCH3 is 2. The van der Waals surface area contributed by atoms with Crippen molar-refractivity contribution in [1.29, 1.82) is 0 Å². The van der Waals surface area contributed by atoms with Gasteiger partial charge in [-0.15, -0.1) is 0 Å². The van der Waals surface area contributed by atoms with Gasteiger partial charge in [-0.2, -0.15) is 18.3 Å². The van der Waals surface area contributed by atoms with Crippen LogP contribution in [-0.4, -0.2) is 55.3 Å². The topological polar surface area (TPSA) is 74.6 Å². The molecule has 1 unspecified atom stereocenters. The van der Waals surface area contributed by atoms with Gasteiger partial charge in [-0.3, -0.25) is 4.79 Å². The fraction of sp³-hybridized carbons (Fsp3) is 0.304. The predicted octanol–water partition coefficient (Wildman–Crippen LogP) is 4.25. The average molecular weight is 463 g/mol. The summed E-state index contributed by atoms with van der Waals surface area (Å²) in [6.45, 7) is -0.105. The standard InChI is InChI=1S/C23H24F3N3O4/c1-15(13-33-14-23(24,25)26)27-22(30)18-12-29(17-7-5-4-6-8-17)28-21(18)16-9-10-19(31-2)20(11-16)32-3/h4-12,15H,13-14H2,1-3H3,(H,27,30). The maximum atomic E-state index is 13.0. The van der Waals surface area contributed by atoms with Crippen molar-refractivity contribution in [3.8, 4) is 28.4 Å². The number of benzene rings is 2. The molecule has 1 N–H and O–H groups in total. The molecule has 176 valence electrons. The number of para-hydroxylation sites is 1. The summed E-state index contributed by atoms with van der Waals surface area (Å²) in [6, 6.07) is 13.7. The molecule has 7 nitrogen and oxygen atoms in total. The molecular weight excluding hydrogens is 439 g/mol. The van der Waals surface area contributed by atoms with Crippen LogP contribution >= 0.6 is 0 Å². The number of hydrogen-bond acceptors (Lipinski definition) is 5. The lowest BCUT2D eigenvalue weighted by Crippen LogP contribution is -2.37. The van der Waals surface area contributed by atoms with Gasteiger partial charge in [-0.25, -0.2) is 4.68 Å². The molecule has 0 spiro atoms. The van der Waals surface area contributed by atoms with Crippen molar-refractivity contribution < 1.29 is 32.2 Å². The summed E-state index contributed by atoms with van der Waals surface area (Å²) in [5.74, 6) is 0.486. The Bertz CT molecular complexity index is 1080. The van der Waals surface area contributed by atoms with Crippen LogP contribution in [0.4, 0.5) is 13.2 Å². The molecule has 0 aliphatic carbocycles. The first-order valence-electron chi connectivity index (χ1n) is 10.0. The number of carbonyl (C=O) groups excluding carboxylic acids is 1. The molecule has 0 aliphatic rings. The molecule has 1 heterocycles. The van der Waals surface area contributed by atoms with Crippen LogP contribution in [0.3, 0.4) is 0 Å². The van der Waals surface area contributed by atoms with Crippen molar-refractivity contribution in [1.82, 2.24) is 15.1 Å². The molecule has 1 atom stereocenters. The van der Waals surface area contributed by atoms with Crippen LogP contribution < -0.4 is 14.8 Å². The summed E-state index contributed by atoms with van der Waals surface area (Å²) in [7, 11) is 3.02. The van der Waals surface area contributed by atoms with E-state index in [1.54, 1.807) is 36.0 Å². The fourth-order valence-corrected chi connectivity index (χ4v) is 3.14. The fourth-order valence-electron chi connectivity index (χ4n) is 3.14. The highest BCUT2D eigenvalue weighted by atomic mass is 19.4. The second-order valence-corrected chi connectivity index (χ2v) is 7.25. The zero-order chi connectivity index (χ0) is 24.0. The molecule has 0 saturated heterocycles. The van der Waals surface area contributed by atoms with Crippen molar-refractivity contribution in [2.45, 2.75) is 19.1 Å². The molecule has 3 aromatic rings. The summed E-state index contributed by atoms with van der Waals surface area (Å²) in [4.78, 5) is 13.0. The highest BCUT2D eigenvalue weighted by molar-refractivity contribution is 6.00. The maximum absolute atomic E-state index is 13.0. The summed E-state index contributed by atoms with van der Waals surface area (Å²) in [5.41, 5.74) is 1.96. The van der Waals surface area contributed by atoms with Crippen LogP contribution in [0.15, 0.2) is 54.7 Å². The number of aromatic nitrogens is 2. The van der Waals surface area contributed by atoms with Crippen LogP contribution in [0, 0.1) is 0 Å². The van der Waals surface area contributed by atoms with Crippen molar-refractivity contribution >= 4 is 5.91 Å². The Hall–Kier alpha value is -3.53. The van der Waals surface area contributed by atoms with E-state index in [1.807, 2.05) is 30.3 Å². The van der Waals surface area contributed by atoms with E-state index in [9.17, 15) is 18.0 Å². The summed E-state index contributed by atoms with van der Waals surface area (Å²) < 4.78 is 53.8. The normalized spacial score (nSPS) is 12.3. The lowest BCUT2D eigenvalue weighted by molar-refractivity contribution is -0.174. The molecule has 3 rings (SSSR count). The molecule has 0 radical (unpaired) electrons.